The van der Waals surface area contributed by atoms with E-state index in [0.29, 0.717) is 5.82 Å². The summed E-state index contributed by atoms with van der Waals surface area (Å²) in [6.07, 6.45) is 1.74. The number of aryl methyl sites for hydroxylation is 1. The molecule has 2 rings (SSSR count). The first kappa shape index (κ1) is 9.80. The molecule has 0 aliphatic rings. The molecule has 0 spiro atoms. The second-order valence-corrected chi connectivity index (χ2v) is 3.34. The number of aliphatic hydroxyl groups excluding tert-OH is 1. The van der Waals surface area contributed by atoms with Crippen LogP contribution in [0.2, 0.25) is 0 Å². The predicted molar refractivity (Wildman–Crippen MR) is 58.1 cm³/mol. The predicted octanol–water partition coefficient (Wildman–Crippen LogP) is 1.94. The average molecular weight is 200 g/mol. The van der Waals surface area contributed by atoms with Crippen LogP contribution in [-0.4, -0.2) is 15.1 Å². The van der Waals surface area contributed by atoms with Gasteiger partial charge < -0.3 is 5.11 Å². The fraction of sp³-hybridized carbons (Fsp3) is 0.167. The van der Waals surface area contributed by atoms with Crippen LogP contribution in [0.25, 0.3) is 11.3 Å². The first-order valence-corrected chi connectivity index (χ1v) is 4.80. The molecule has 3 nitrogen and oxygen atoms in total. The molecule has 0 aliphatic carbocycles. The normalized spacial score (nSPS) is 10.3. The molecule has 1 N–H and O–H groups in total. The van der Waals surface area contributed by atoms with E-state index in [1.54, 1.807) is 6.20 Å². The van der Waals surface area contributed by atoms with E-state index >= 15 is 0 Å². The lowest BCUT2D eigenvalue weighted by Crippen LogP contribution is -1.98. The van der Waals surface area contributed by atoms with Gasteiger partial charge in [0.1, 0.15) is 6.61 Å². The molecule has 0 saturated heterocycles. The Labute approximate surface area is 88.5 Å². The Balaban J connectivity index is 2.52. The molecular weight excluding hydrogens is 188 g/mol. The van der Waals surface area contributed by atoms with Crippen molar-refractivity contribution in [2.45, 2.75) is 13.5 Å². The molecule has 1 heterocycles. The second-order valence-electron chi connectivity index (χ2n) is 3.34. The molecule has 1 aromatic carbocycles. The molecule has 1 aromatic heterocycles. The standard InChI is InChI=1S/C12H12N2O/c1-9-7-13-11(8-15)14-12(9)10-5-3-2-4-6-10/h2-7,15H,8H2,1H3. The van der Waals surface area contributed by atoms with Crippen LogP contribution >= 0.6 is 0 Å². The largest absolute Gasteiger partial charge is 0.388 e. The smallest absolute Gasteiger partial charge is 0.154 e. The monoisotopic (exact) mass is 200 g/mol. The molecule has 0 saturated carbocycles. The Hall–Kier alpha value is -1.74. The van der Waals surface area contributed by atoms with Crippen LogP contribution in [0, 0.1) is 6.92 Å². The summed E-state index contributed by atoms with van der Waals surface area (Å²) in [4.78, 5) is 8.32. The minimum atomic E-state index is -0.125. The van der Waals surface area contributed by atoms with E-state index in [1.165, 1.54) is 0 Å². The van der Waals surface area contributed by atoms with Crippen molar-refractivity contribution in [3.8, 4) is 11.3 Å². The first-order chi connectivity index (χ1) is 7.31. The summed E-state index contributed by atoms with van der Waals surface area (Å²) < 4.78 is 0. The molecule has 0 fully saturated rings. The van der Waals surface area contributed by atoms with Gasteiger partial charge in [-0.15, -0.1) is 0 Å². The topological polar surface area (TPSA) is 46.0 Å². The van der Waals surface area contributed by atoms with E-state index in [0.717, 1.165) is 16.8 Å². The van der Waals surface area contributed by atoms with Crippen LogP contribution in [-0.2, 0) is 6.61 Å². The van der Waals surface area contributed by atoms with Crippen LogP contribution in [0.4, 0.5) is 0 Å². The lowest BCUT2D eigenvalue weighted by molar-refractivity contribution is 0.271. The summed E-state index contributed by atoms with van der Waals surface area (Å²) in [6, 6.07) is 9.89. The summed E-state index contributed by atoms with van der Waals surface area (Å²) >= 11 is 0. The lowest BCUT2D eigenvalue weighted by atomic mass is 10.1. The number of hydrogen-bond acceptors (Lipinski definition) is 3. The second kappa shape index (κ2) is 4.19. The molecule has 0 atom stereocenters. The number of aliphatic hydroxyl groups is 1. The van der Waals surface area contributed by atoms with Gasteiger partial charge in [-0.25, -0.2) is 9.97 Å². The van der Waals surface area contributed by atoms with Gasteiger partial charge in [-0.3, -0.25) is 0 Å². The van der Waals surface area contributed by atoms with Gasteiger partial charge in [-0.1, -0.05) is 30.3 Å². The molecule has 0 bridgehead atoms. The van der Waals surface area contributed by atoms with E-state index in [-0.39, 0.29) is 6.61 Å². The van der Waals surface area contributed by atoms with E-state index in [9.17, 15) is 0 Å². The molecule has 3 heteroatoms. The molecule has 0 radical (unpaired) electrons. The van der Waals surface area contributed by atoms with Gasteiger partial charge in [0, 0.05) is 11.8 Å². The summed E-state index contributed by atoms with van der Waals surface area (Å²) in [5.74, 6) is 0.458. The molecule has 0 amide bonds. The van der Waals surface area contributed by atoms with Gasteiger partial charge in [0.2, 0.25) is 0 Å². The third-order valence-electron chi connectivity index (χ3n) is 2.21. The average Bonchev–Trinajstić information content (AvgIpc) is 2.31. The van der Waals surface area contributed by atoms with Crippen molar-refractivity contribution in [1.82, 2.24) is 9.97 Å². The quantitative estimate of drug-likeness (QED) is 0.805. The van der Waals surface area contributed by atoms with Crippen molar-refractivity contribution in [2.24, 2.45) is 0 Å². The van der Waals surface area contributed by atoms with E-state index in [2.05, 4.69) is 9.97 Å². The molecule has 0 aliphatic heterocycles. The number of hydrogen-bond donors (Lipinski definition) is 1. The highest BCUT2D eigenvalue weighted by molar-refractivity contribution is 5.62. The zero-order chi connectivity index (χ0) is 10.7. The number of rotatable bonds is 2. The minimum Gasteiger partial charge on any atom is -0.388 e. The van der Waals surface area contributed by atoms with Crippen molar-refractivity contribution in [3.63, 3.8) is 0 Å². The van der Waals surface area contributed by atoms with Gasteiger partial charge in [0.05, 0.1) is 5.69 Å². The Morgan fingerprint density at radius 3 is 2.60 bits per heavy atom. The van der Waals surface area contributed by atoms with Gasteiger partial charge in [-0.2, -0.15) is 0 Å². The van der Waals surface area contributed by atoms with Crippen molar-refractivity contribution in [1.29, 1.82) is 0 Å². The van der Waals surface area contributed by atoms with E-state index < -0.39 is 0 Å². The Morgan fingerprint density at radius 2 is 1.93 bits per heavy atom. The third-order valence-corrected chi connectivity index (χ3v) is 2.21. The molecule has 76 valence electrons. The highest BCUT2D eigenvalue weighted by Crippen LogP contribution is 2.19. The van der Waals surface area contributed by atoms with E-state index in [1.807, 2.05) is 37.3 Å². The fourth-order valence-corrected chi connectivity index (χ4v) is 1.44. The molecule has 0 unspecified atom stereocenters. The highest BCUT2D eigenvalue weighted by atomic mass is 16.3. The van der Waals surface area contributed by atoms with Crippen LogP contribution in [0.5, 0.6) is 0 Å². The third kappa shape index (κ3) is 2.02. The Kier molecular flexibility index (Phi) is 2.74. The van der Waals surface area contributed by atoms with Crippen LogP contribution in [0.15, 0.2) is 36.5 Å². The van der Waals surface area contributed by atoms with Gasteiger partial charge in [-0.05, 0) is 12.5 Å². The maximum atomic E-state index is 8.97. The van der Waals surface area contributed by atoms with E-state index in [4.69, 9.17) is 5.11 Å². The number of nitrogens with zero attached hydrogens (tertiary/aromatic N) is 2. The number of benzene rings is 1. The van der Waals surface area contributed by atoms with Crippen molar-refractivity contribution >= 4 is 0 Å². The molecule has 15 heavy (non-hydrogen) atoms. The lowest BCUT2D eigenvalue weighted by Gasteiger charge is -2.05. The summed E-state index contributed by atoms with van der Waals surface area (Å²) in [5.41, 5.74) is 2.94. The van der Waals surface area contributed by atoms with Crippen LogP contribution in [0.3, 0.4) is 0 Å². The minimum absolute atomic E-state index is 0.125. The summed E-state index contributed by atoms with van der Waals surface area (Å²) in [7, 11) is 0. The zero-order valence-corrected chi connectivity index (χ0v) is 8.51. The Morgan fingerprint density at radius 1 is 1.20 bits per heavy atom. The molecule has 2 aromatic rings. The fourth-order valence-electron chi connectivity index (χ4n) is 1.44. The Bertz CT molecular complexity index is 454. The first-order valence-electron chi connectivity index (χ1n) is 4.80. The summed E-state index contributed by atoms with van der Waals surface area (Å²) in [6.45, 7) is 1.84. The molecular formula is C12H12N2O. The van der Waals surface area contributed by atoms with Gasteiger partial charge >= 0.3 is 0 Å². The number of aromatic nitrogens is 2. The zero-order valence-electron chi connectivity index (χ0n) is 8.51. The van der Waals surface area contributed by atoms with Crippen molar-refractivity contribution < 1.29 is 5.11 Å². The maximum Gasteiger partial charge on any atom is 0.154 e. The van der Waals surface area contributed by atoms with Crippen molar-refractivity contribution in [3.05, 3.63) is 47.9 Å². The van der Waals surface area contributed by atoms with Crippen LogP contribution in [0.1, 0.15) is 11.4 Å². The maximum absolute atomic E-state index is 8.97. The van der Waals surface area contributed by atoms with Gasteiger partial charge in [0.25, 0.3) is 0 Å². The van der Waals surface area contributed by atoms with Crippen molar-refractivity contribution in [2.75, 3.05) is 0 Å². The summed E-state index contributed by atoms with van der Waals surface area (Å²) in [5, 5.41) is 8.97. The SMILES string of the molecule is Cc1cnc(CO)nc1-c1ccccc1. The van der Waals surface area contributed by atoms with Crippen LogP contribution < -0.4 is 0 Å². The highest BCUT2D eigenvalue weighted by Gasteiger charge is 2.04. The van der Waals surface area contributed by atoms with Gasteiger partial charge in [0.15, 0.2) is 5.82 Å².